The molecule has 4 rings (SSSR count). The summed E-state index contributed by atoms with van der Waals surface area (Å²) in [6, 6.07) is 22.2. The summed E-state index contributed by atoms with van der Waals surface area (Å²) >= 11 is 0. The molecule has 4 nitrogen and oxygen atoms in total. The Hall–Kier alpha value is -2.85. The molecule has 0 saturated heterocycles. The average molecular weight is 360 g/mol. The van der Waals surface area contributed by atoms with Crippen LogP contribution in [0.15, 0.2) is 77.4 Å². The number of hydrogen-bond donors (Lipinski definition) is 2. The van der Waals surface area contributed by atoms with E-state index in [0.717, 1.165) is 30.6 Å². The van der Waals surface area contributed by atoms with Gasteiger partial charge in [0.1, 0.15) is 5.76 Å². The molecule has 0 spiro atoms. The van der Waals surface area contributed by atoms with E-state index in [1.807, 2.05) is 48.5 Å². The zero-order valence-corrected chi connectivity index (χ0v) is 15.2. The van der Waals surface area contributed by atoms with Crippen LogP contribution in [0.4, 0.5) is 0 Å². The van der Waals surface area contributed by atoms with Crippen LogP contribution in [0.5, 0.6) is 0 Å². The van der Waals surface area contributed by atoms with Gasteiger partial charge < -0.3 is 9.73 Å². The number of hydrogen-bond acceptors (Lipinski definition) is 3. The van der Waals surface area contributed by atoms with Crippen molar-refractivity contribution in [1.29, 1.82) is 0 Å². The summed E-state index contributed by atoms with van der Waals surface area (Å²) in [5, 5.41) is 6.54. The first kappa shape index (κ1) is 17.6. The highest BCUT2D eigenvalue weighted by atomic mass is 16.3. The Morgan fingerprint density at radius 3 is 2.67 bits per heavy atom. The number of fused-ring (bicyclic) bond motifs is 1. The third-order valence-electron chi connectivity index (χ3n) is 5.13. The molecule has 0 radical (unpaired) electrons. The maximum atomic E-state index is 12.6. The molecule has 1 aliphatic rings. The second-order valence-corrected chi connectivity index (χ2v) is 6.95. The van der Waals surface area contributed by atoms with E-state index >= 15 is 0 Å². The normalized spacial score (nSPS) is 17.1. The van der Waals surface area contributed by atoms with Crippen LogP contribution < -0.4 is 10.6 Å². The van der Waals surface area contributed by atoms with Crippen molar-refractivity contribution >= 4 is 5.91 Å². The Kier molecular flexibility index (Phi) is 5.35. The Morgan fingerprint density at radius 1 is 1.04 bits per heavy atom. The fourth-order valence-electron chi connectivity index (χ4n) is 3.83. The average Bonchev–Trinajstić information content (AvgIpc) is 3.24. The van der Waals surface area contributed by atoms with E-state index in [1.165, 1.54) is 11.1 Å². The summed E-state index contributed by atoms with van der Waals surface area (Å²) in [6.45, 7) is 0.235. The van der Waals surface area contributed by atoms with Gasteiger partial charge in [-0.2, -0.15) is 0 Å². The Balaban J connectivity index is 1.42. The highest BCUT2D eigenvalue weighted by Gasteiger charge is 2.22. The smallest absolute Gasteiger partial charge is 0.234 e. The number of carbonyl (C=O) groups excluding carboxylic acids is 1. The van der Waals surface area contributed by atoms with Crippen LogP contribution in [0, 0.1) is 0 Å². The third kappa shape index (κ3) is 4.12. The maximum Gasteiger partial charge on any atom is 0.234 e. The van der Waals surface area contributed by atoms with Crippen molar-refractivity contribution in [3.8, 4) is 0 Å². The number of aryl methyl sites for hydroxylation is 1. The molecular weight excluding hydrogens is 336 g/mol. The van der Waals surface area contributed by atoms with E-state index in [-0.39, 0.29) is 24.5 Å². The van der Waals surface area contributed by atoms with Gasteiger partial charge in [0.2, 0.25) is 5.91 Å². The van der Waals surface area contributed by atoms with Crippen molar-refractivity contribution in [3.63, 3.8) is 0 Å². The quantitative estimate of drug-likeness (QED) is 0.694. The molecule has 1 aromatic heterocycles. The minimum atomic E-state index is -0.148. The fraction of sp³-hybridized carbons (Fsp3) is 0.261. The second kappa shape index (κ2) is 8.23. The highest BCUT2D eigenvalue weighted by Crippen LogP contribution is 2.29. The van der Waals surface area contributed by atoms with E-state index in [4.69, 9.17) is 4.42 Å². The highest BCUT2D eigenvalue weighted by molar-refractivity contribution is 5.78. The number of rotatable bonds is 6. The lowest BCUT2D eigenvalue weighted by Crippen LogP contribution is -2.38. The summed E-state index contributed by atoms with van der Waals surface area (Å²) < 4.78 is 5.58. The summed E-state index contributed by atoms with van der Waals surface area (Å²) in [5.41, 5.74) is 3.67. The minimum absolute atomic E-state index is 0.00388. The zero-order chi connectivity index (χ0) is 18.5. The van der Waals surface area contributed by atoms with Gasteiger partial charge in [-0.1, -0.05) is 54.6 Å². The summed E-state index contributed by atoms with van der Waals surface area (Å²) in [7, 11) is 0. The van der Waals surface area contributed by atoms with Crippen molar-refractivity contribution in [2.45, 2.75) is 31.3 Å². The van der Waals surface area contributed by atoms with Crippen LogP contribution in [0.1, 0.15) is 47.4 Å². The summed E-state index contributed by atoms with van der Waals surface area (Å²) in [4.78, 5) is 12.6. The molecule has 1 amide bonds. The van der Waals surface area contributed by atoms with Crippen molar-refractivity contribution in [2.24, 2.45) is 0 Å². The van der Waals surface area contributed by atoms with E-state index in [1.54, 1.807) is 6.26 Å². The molecule has 0 bridgehead atoms. The van der Waals surface area contributed by atoms with Gasteiger partial charge >= 0.3 is 0 Å². The SMILES string of the molecule is O=C(CN[C@@H](c1ccccc1)c1ccco1)N[C@H]1CCCc2ccccc21. The van der Waals surface area contributed by atoms with Crippen LogP contribution in [0.2, 0.25) is 0 Å². The number of furan rings is 1. The van der Waals surface area contributed by atoms with Crippen LogP contribution >= 0.6 is 0 Å². The van der Waals surface area contributed by atoms with Crippen LogP contribution in [0.3, 0.4) is 0 Å². The molecular formula is C23H24N2O2. The first-order valence-corrected chi connectivity index (χ1v) is 9.50. The molecule has 2 aromatic carbocycles. The van der Waals surface area contributed by atoms with Crippen LogP contribution in [0.25, 0.3) is 0 Å². The van der Waals surface area contributed by atoms with E-state index < -0.39 is 0 Å². The van der Waals surface area contributed by atoms with Crippen LogP contribution in [-0.4, -0.2) is 12.5 Å². The molecule has 0 aliphatic heterocycles. The molecule has 4 heteroatoms. The van der Waals surface area contributed by atoms with E-state index in [0.29, 0.717) is 0 Å². The Morgan fingerprint density at radius 2 is 1.85 bits per heavy atom. The van der Waals surface area contributed by atoms with Crippen LogP contribution in [-0.2, 0) is 11.2 Å². The fourth-order valence-corrected chi connectivity index (χ4v) is 3.83. The lowest BCUT2D eigenvalue weighted by atomic mass is 9.88. The second-order valence-electron chi connectivity index (χ2n) is 6.95. The molecule has 2 N–H and O–H groups in total. The van der Waals surface area contributed by atoms with Crippen molar-refractivity contribution in [3.05, 3.63) is 95.4 Å². The Bertz CT molecular complexity index is 874. The minimum Gasteiger partial charge on any atom is -0.467 e. The predicted octanol–water partition coefficient (Wildman–Crippen LogP) is 4.15. The van der Waals surface area contributed by atoms with Crippen molar-refractivity contribution in [1.82, 2.24) is 10.6 Å². The molecule has 0 saturated carbocycles. The molecule has 138 valence electrons. The largest absolute Gasteiger partial charge is 0.467 e. The lowest BCUT2D eigenvalue weighted by Gasteiger charge is -2.26. The van der Waals surface area contributed by atoms with Gasteiger partial charge in [0.15, 0.2) is 0 Å². The molecule has 2 atom stereocenters. The first-order chi connectivity index (χ1) is 13.3. The van der Waals surface area contributed by atoms with Gasteiger partial charge in [0.05, 0.1) is 24.9 Å². The Labute approximate surface area is 159 Å². The van der Waals surface area contributed by atoms with Gasteiger partial charge in [0, 0.05) is 0 Å². The standard InChI is InChI=1S/C23H24N2O2/c26-22(25-20-13-6-11-17-8-4-5-12-19(17)20)16-24-23(21-14-7-15-27-21)18-9-2-1-3-10-18/h1-5,7-10,12,14-15,20,23-24H,6,11,13,16H2,(H,25,26)/t20-,23-/m0/s1. The third-order valence-corrected chi connectivity index (χ3v) is 5.13. The lowest BCUT2D eigenvalue weighted by molar-refractivity contribution is -0.121. The number of amides is 1. The molecule has 0 fully saturated rings. The van der Waals surface area contributed by atoms with Gasteiger partial charge in [-0.15, -0.1) is 0 Å². The van der Waals surface area contributed by atoms with Crippen molar-refractivity contribution in [2.75, 3.05) is 6.54 Å². The first-order valence-electron chi connectivity index (χ1n) is 9.50. The summed E-state index contributed by atoms with van der Waals surface area (Å²) in [6.07, 6.45) is 4.85. The molecule has 3 aromatic rings. The summed E-state index contributed by atoms with van der Waals surface area (Å²) in [5.74, 6) is 0.807. The molecule has 1 heterocycles. The van der Waals surface area contributed by atoms with Gasteiger partial charge in [-0.25, -0.2) is 0 Å². The maximum absolute atomic E-state index is 12.6. The van der Waals surface area contributed by atoms with Gasteiger partial charge in [0.25, 0.3) is 0 Å². The molecule has 27 heavy (non-hydrogen) atoms. The molecule has 0 unspecified atom stereocenters. The molecule has 1 aliphatic carbocycles. The topological polar surface area (TPSA) is 54.3 Å². The monoisotopic (exact) mass is 360 g/mol. The van der Waals surface area contributed by atoms with E-state index in [2.05, 4.69) is 28.8 Å². The van der Waals surface area contributed by atoms with Crippen molar-refractivity contribution < 1.29 is 9.21 Å². The number of nitrogens with one attached hydrogen (secondary N) is 2. The number of benzene rings is 2. The zero-order valence-electron chi connectivity index (χ0n) is 15.2. The number of carbonyl (C=O) groups is 1. The van der Waals surface area contributed by atoms with Gasteiger partial charge in [-0.3, -0.25) is 10.1 Å². The van der Waals surface area contributed by atoms with Gasteiger partial charge in [-0.05, 0) is 48.1 Å². The predicted molar refractivity (Wildman–Crippen MR) is 105 cm³/mol. The van der Waals surface area contributed by atoms with E-state index in [9.17, 15) is 4.79 Å².